The summed E-state index contributed by atoms with van der Waals surface area (Å²) in [6.07, 6.45) is -0.257. The zero-order valence-corrected chi connectivity index (χ0v) is 9.55. The van der Waals surface area contributed by atoms with Gasteiger partial charge in [-0.15, -0.1) is 0 Å². The normalized spacial score (nSPS) is 20.9. The van der Waals surface area contributed by atoms with Crippen molar-refractivity contribution in [1.82, 2.24) is 0 Å². The van der Waals surface area contributed by atoms with E-state index in [9.17, 15) is 0 Å². The fraction of sp³-hybridized carbons (Fsp3) is 0.400. The van der Waals surface area contributed by atoms with Gasteiger partial charge in [-0.3, -0.25) is 0 Å². The second-order valence-electron chi connectivity index (χ2n) is 3.50. The summed E-state index contributed by atoms with van der Waals surface area (Å²) < 4.78 is 15.0. The average Bonchev–Trinajstić information content (AvgIpc) is 2.29. The van der Waals surface area contributed by atoms with Gasteiger partial charge in [0.25, 0.3) is 0 Å². The van der Waals surface area contributed by atoms with Crippen molar-refractivity contribution in [2.24, 2.45) is 0 Å². The Morgan fingerprint density at radius 2 is 1.81 bits per heavy atom. The highest BCUT2D eigenvalue weighted by atomic mass is 31.2. The Hall–Kier alpha value is -0.550. The van der Waals surface area contributed by atoms with Gasteiger partial charge in [0.05, 0.1) is 6.61 Å². The smallest absolute Gasteiger partial charge is 0.368 e. The van der Waals surface area contributed by atoms with E-state index in [2.05, 4.69) is 0 Å². The van der Waals surface area contributed by atoms with Crippen molar-refractivity contribution in [3.8, 4) is 0 Å². The Kier molecular flexibility index (Phi) is 3.86. The lowest BCUT2D eigenvalue weighted by molar-refractivity contribution is -0.0658. The molecule has 0 aliphatic carbocycles. The molecule has 16 heavy (non-hydrogen) atoms. The van der Waals surface area contributed by atoms with Gasteiger partial charge in [0.1, 0.15) is 19.3 Å². The van der Waals surface area contributed by atoms with Gasteiger partial charge in [0.2, 0.25) is 0 Å². The monoisotopic (exact) mass is 245 g/mol. The lowest BCUT2D eigenvalue weighted by Crippen LogP contribution is -2.30. The number of hydrogen-bond acceptors (Lipinski definition) is 5. The fourth-order valence-electron chi connectivity index (χ4n) is 1.33. The highest BCUT2D eigenvalue weighted by Crippen LogP contribution is 2.54. The molecule has 1 aromatic rings. The summed E-state index contributed by atoms with van der Waals surface area (Å²) in [6, 6.07) is 9.72. The molecule has 1 aliphatic heterocycles. The third kappa shape index (κ3) is 3.49. The number of benzene rings is 1. The maximum absolute atomic E-state index is 9.04. The molecular weight excluding hydrogens is 231 g/mol. The molecule has 1 saturated heterocycles. The second-order valence-corrected chi connectivity index (χ2v) is 5.00. The molecule has 0 amide bonds. The van der Waals surface area contributed by atoms with Crippen LogP contribution in [-0.4, -0.2) is 29.1 Å². The van der Waals surface area contributed by atoms with Gasteiger partial charge in [0, 0.05) is 0 Å². The van der Waals surface area contributed by atoms with Crippen molar-refractivity contribution >= 4 is 8.17 Å². The fourth-order valence-corrected chi connectivity index (χ4v) is 2.13. The van der Waals surface area contributed by atoms with E-state index in [1.165, 1.54) is 0 Å². The van der Waals surface area contributed by atoms with Gasteiger partial charge < -0.3 is 4.74 Å². The Balaban J connectivity index is 1.76. The van der Waals surface area contributed by atoms with E-state index in [-0.39, 0.29) is 19.3 Å². The van der Waals surface area contributed by atoms with Crippen LogP contribution >= 0.6 is 8.17 Å². The Bertz CT molecular complexity index is 319. The Labute approximate surface area is 94.2 Å². The van der Waals surface area contributed by atoms with Crippen LogP contribution in [0.15, 0.2) is 30.3 Å². The van der Waals surface area contributed by atoms with E-state index in [1.54, 1.807) is 0 Å². The van der Waals surface area contributed by atoms with Crippen LogP contribution in [-0.2, 0) is 20.4 Å². The van der Waals surface area contributed by atoms with Crippen molar-refractivity contribution in [2.75, 3.05) is 13.2 Å². The summed E-state index contributed by atoms with van der Waals surface area (Å²) in [5.74, 6) is 0. The van der Waals surface area contributed by atoms with Gasteiger partial charge in [-0.05, 0) is 5.56 Å². The predicted octanol–water partition coefficient (Wildman–Crippen LogP) is 1.28. The largest absolute Gasteiger partial charge is 0.570 e. The van der Waals surface area contributed by atoms with E-state index in [0.29, 0.717) is 6.61 Å². The molecule has 0 atom stereocenters. The first-order valence-electron chi connectivity index (χ1n) is 4.95. The minimum Gasteiger partial charge on any atom is -0.368 e. The van der Waals surface area contributed by atoms with Gasteiger partial charge in [-0.1, -0.05) is 30.3 Å². The summed E-state index contributed by atoms with van der Waals surface area (Å²) in [5, 5.41) is 0. The van der Waals surface area contributed by atoms with Crippen molar-refractivity contribution < 1.29 is 23.6 Å². The third-order valence-corrected chi connectivity index (χ3v) is 3.16. The van der Waals surface area contributed by atoms with Crippen LogP contribution in [0.3, 0.4) is 0 Å². The summed E-state index contributed by atoms with van der Waals surface area (Å²) in [7, 11) is -3.55. The van der Waals surface area contributed by atoms with E-state index in [0.717, 1.165) is 5.56 Å². The molecule has 88 valence electrons. The first-order valence-corrected chi connectivity index (χ1v) is 6.48. The van der Waals surface area contributed by atoms with Crippen LogP contribution in [0.2, 0.25) is 0 Å². The molecule has 1 aromatic carbocycles. The highest BCUT2D eigenvalue weighted by Gasteiger charge is 2.45. The van der Waals surface area contributed by atoms with Crippen molar-refractivity contribution in [3.05, 3.63) is 35.9 Å². The minimum absolute atomic E-state index is 0.146. The van der Waals surface area contributed by atoms with Crippen LogP contribution in [0.5, 0.6) is 0 Å². The van der Waals surface area contributed by atoms with Gasteiger partial charge >= 0.3 is 8.17 Å². The Morgan fingerprint density at radius 1 is 1.19 bits per heavy atom. The van der Waals surface area contributed by atoms with E-state index >= 15 is 0 Å². The van der Waals surface area contributed by atoms with Gasteiger partial charge in [-0.2, -0.15) is 18.8 Å². The molecule has 1 fully saturated rings. The average molecular weight is 245 g/mol. The van der Waals surface area contributed by atoms with Crippen molar-refractivity contribution in [1.29, 1.82) is 0 Å². The molecule has 6 heteroatoms. The number of rotatable bonds is 3. The summed E-state index contributed by atoms with van der Waals surface area (Å²) in [5.41, 5.74) is 1.06. The lowest BCUT2D eigenvalue weighted by atomic mass is 10.2. The minimum atomic E-state index is -3.55. The third-order valence-electron chi connectivity index (χ3n) is 2.19. The van der Waals surface area contributed by atoms with Crippen molar-refractivity contribution in [3.63, 3.8) is 0 Å². The van der Waals surface area contributed by atoms with E-state index in [4.69, 9.17) is 23.6 Å². The molecular formula is C10H14O5P+. The number of hydrogen-bond donors (Lipinski definition) is 2. The van der Waals surface area contributed by atoms with Crippen LogP contribution < -0.4 is 0 Å². The summed E-state index contributed by atoms with van der Waals surface area (Å²) in [6.45, 7) is 0.752. The molecule has 2 rings (SSSR count). The van der Waals surface area contributed by atoms with Crippen LogP contribution in [0.4, 0.5) is 0 Å². The zero-order chi connectivity index (χ0) is 11.4. The predicted molar refractivity (Wildman–Crippen MR) is 58.3 cm³/mol. The van der Waals surface area contributed by atoms with Crippen LogP contribution in [0.1, 0.15) is 5.56 Å². The molecule has 1 aliphatic rings. The molecule has 1 heterocycles. The van der Waals surface area contributed by atoms with Gasteiger partial charge in [-0.25, -0.2) is 0 Å². The molecule has 0 spiro atoms. The number of ether oxygens (including phenoxy) is 1. The molecule has 5 nitrogen and oxygen atoms in total. The quantitative estimate of drug-likeness (QED) is 0.785. The molecule has 0 aromatic heterocycles. The molecule has 0 radical (unpaired) electrons. The first-order chi connectivity index (χ1) is 7.66. The molecule has 0 saturated carbocycles. The second kappa shape index (κ2) is 5.19. The summed E-state index contributed by atoms with van der Waals surface area (Å²) in [4.78, 5) is 18.1. The van der Waals surface area contributed by atoms with Gasteiger partial charge in [0.15, 0.2) is 0 Å². The highest BCUT2D eigenvalue weighted by molar-refractivity contribution is 7.54. The molecule has 2 N–H and O–H groups in total. The van der Waals surface area contributed by atoms with Crippen molar-refractivity contribution in [2.45, 2.75) is 12.7 Å². The lowest BCUT2D eigenvalue weighted by Gasteiger charge is -2.22. The van der Waals surface area contributed by atoms with E-state index in [1.807, 2.05) is 30.3 Å². The molecule has 0 unspecified atom stereocenters. The SMILES string of the molecule is O[P+]1(O)OCC(OCc2ccccc2)CO1. The first kappa shape index (κ1) is 11.9. The topological polar surface area (TPSA) is 68.2 Å². The summed E-state index contributed by atoms with van der Waals surface area (Å²) >= 11 is 0. The molecule has 0 bridgehead atoms. The van der Waals surface area contributed by atoms with E-state index < -0.39 is 8.17 Å². The van der Waals surface area contributed by atoms with Crippen LogP contribution in [0.25, 0.3) is 0 Å². The standard InChI is InChI=1S/C10H14O5P/c11-16(12)14-7-10(8-15-16)13-6-9-4-2-1-3-5-9/h1-5,10-12H,6-8H2/q+1. The maximum Gasteiger partial charge on any atom is 0.570 e. The zero-order valence-electron chi connectivity index (χ0n) is 8.65. The van der Waals surface area contributed by atoms with Crippen LogP contribution in [0, 0.1) is 0 Å². The Morgan fingerprint density at radius 3 is 2.44 bits per heavy atom. The maximum atomic E-state index is 9.04.